The standard InChI is InChI=1S/C6H7BN2/c8-6(9)5-3-1-2-4-7-5/h1-4H,(H3,8,9). The van der Waals surface area contributed by atoms with E-state index >= 15 is 0 Å². The molecule has 0 amide bonds. The Balaban J connectivity index is 2.98. The normalized spacial score (nSPS) is 8.44. The fourth-order valence-corrected chi connectivity index (χ4v) is 0.618. The van der Waals surface area contributed by atoms with Crippen molar-refractivity contribution in [2.24, 2.45) is 5.73 Å². The summed E-state index contributed by atoms with van der Waals surface area (Å²) in [6.45, 7) is 1.81. The molecule has 0 aromatic carbocycles. The van der Waals surface area contributed by atoms with Crippen molar-refractivity contribution < 1.29 is 0 Å². The van der Waals surface area contributed by atoms with Crippen LogP contribution in [-0.2, 0) is 0 Å². The van der Waals surface area contributed by atoms with Crippen LogP contribution in [0.1, 0.15) is 5.46 Å². The van der Waals surface area contributed by atoms with Crippen LogP contribution in [0.5, 0.6) is 0 Å². The number of hydrogen-bond donors (Lipinski definition) is 2. The van der Waals surface area contributed by atoms with Crippen LogP contribution < -0.4 is 5.73 Å². The van der Waals surface area contributed by atoms with Crippen molar-refractivity contribution in [2.75, 3.05) is 0 Å². The third kappa shape index (κ3) is 1.39. The van der Waals surface area contributed by atoms with Gasteiger partial charge in [-0.25, -0.2) is 0 Å². The number of hydrogen-bond acceptors (Lipinski definition) is 1. The van der Waals surface area contributed by atoms with Crippen LogP contribution in [-0.4, -0.2) is 12.7 Å². The molecule has 0 bridgehead atoms. The Morgan fingerprint density at radius 1 is 1.56 bits per heavy atom. The van der Waals surface area contributed by atoms with Crippen molar-refractivity contribution in [3.05, 3.63) is 29.6 Å². The predicted molar refractivity (Wildman–Crippen MR) is 38.8 cm³/mol. The summed E-state index contributed by atoms with van der Waals surface area (Å²) in [7, 11) is 0. The summed E-state index contributed by atoms with van der Waals surface area (Å²) in [5.41, 5.74) is 5.97. The van der Waals surface area contributed by atoms with Gasteiger partial charge in [0.2, 0.25) is 0 Å². The third-order valence-corrected chi connectivity index (χ3v) is 1.08. The maximum atomic E-state index is 7.01. The first-order valence-electron chi connectivity index (χ1n) is 2.70. The number of nitrogens with one attached hydrogen (secondary N) is 1. The Hall–Kier alpha value is -1.12. The Bertz CT molecular complexity index is 208. The van der Waals surface area contributed by atoms with E-state index < -0.39 is 0 Å². The molecule has 1 aromatic rings. The van der Waals surface area contributed by atoms with E-state index in [-0.39, 0.29) is 5.84 Å². The van der Waals surface area contributed by atoms with E-state index in [1.807, 2.05) is 31.1 Å². The van der Waals surface area contributed by atoms with Crippen LogP contribution >= 0.6 is 0 Å². The van der Waals surface area contributed by atoms with Crippen molar-refractivity contribution >= 4 is 12.7 Å². The van der Waals surface area contributed by atoms with Gasteiger partial charge in [-0.05, 0) is 0 Å². The molecule has 1 aromatic heterocycles. The van der Waals surface area contributed by atoms with Crippen LogP contribution in [0.25, 0.3) is 0 Å². The predicted octanol–water partition coefficient (Wildman–Crippen LogP) is 0.309. The molecule has 0 aliphatic carbocycles. The molecule has 0 spiro atoms. The summed E-state index contributed by atoms with van der Waals surface area (Å²) in [4.78, 5) is 0. The Morgan fingerprint density at radius 3 is 2.67 bits per heavy atom. The van der Waals surface area contributed by atoms with Gasteiger partial charge in [-0.1, -0.05) is 0 Å². The maximum absolute atomic E-state index is 7.01. The minimum atomic E-state index is 0.121. The Labute approximate surface area is 54.4 Å². The summed E-state index contributed by atoms with van der Waals surface area (Å²) in [6.07, 6.45) is 0. The molecule has 0 aliphatic heterocycles. The van der Waals surface area contributed by atoms with Gasteiger partial charge in [0.05, 0.1) is 0 Å². The van der Waals surface area contributed by atoms with Crippen LogP contribution in [0, 0.1) is 5.41 Å². The van der Waals surface area contributed by atoms with E-state index in [4.69, 9.17) is 11.1 Å². The molecule has 2 nitrogen and oxygen atoms in total. The van der Waals surface area contributed by atoms with E-state index in [1.165, 1.54) is 0 Å². The molecule has 0 atom stereocenters. The first-order chi connectivity index (χ1) is 4.30. The zero-order valence-corrected chi connectivity index (χ0v) is 4.96. The van der Waals surface area contributed by atoms with E-state index in [1.54, 1.807) is 0 Å². The van der Waals surface area contributed by atoms with Gasteiger partial charge in [-0.15, -0.1) is 0 Å². The Kier molecular flexibility index (Phi) is 1.63. The second-order valence-electron chi connectivity index (χ2n) is 1.78. The molecule has 1 rings (SSSR count). The molecule has 44 valence electrons. The van der Waals surface area contributed by atoms with Crippen LogP contribution in [0.4, 0.5) is 0 Å². The molecule has 3 heteroatoms. The van der Waals surface area contributed by atoms with Crippen molar-refractivity contribution in [2.45, 2.75) is 0 Å². The number of nitrogen functional groups attached to an aromatic ring is 1. The molecule has 0 unspecified atom stereocenters. The first kappa shape index (κ1) is 6.01. The molecular formula is C6H7BN2. The van der Waals surface area contributed by atoms with Gasteiger partial charge in [-0.3, -0.25) is 0 Å². The second-order valence-corrected chi connectivity index (χ2v) is 1.78. The summed E-state index contributed by atoms with van der Waals surface area (Å²) in [5, 5.41) is 7.01. The molecular weight excluding hydrogens is 111 g/mol. The van der Waals surface area contributed by atoms with Gasteiger partial charge in [-0.2, -0.15) is 0 Å². The van der Waals surface area contributed by atoms with Crippen molar-refractivity contribution in [3.63, 3.8) is 0 Å². The summed E-state index contributed by atoms with van der Waals surface area (Å²) in [6, 6.07) is 5.56. The van der Waals surface area contributed by atoms with E-state index in [0.717, 1.165) is 5.46 Å². The number of amidine groups is 1. The van der Waals surface area contributed by atoms with Crippen molar-refractivity contribution in [1.82, 2.24) is 0 Å². The minimum absolute atomic E-state index is 0.121. The number of rotatable bonds is 1. The van der Waals surface area contributed by atoms with Gasteiger partial charge in [0.15, 0.2) is 0 Å². The summed E-state index contributed by atoms with van der Waals surface area (Å²) < 4.78 is 0. The molecule has 0 saturated carbocycles. The van der Waals surface area contributed by atoms with E-state index in [2.05, 4.69) is 0 Å². The van der Waals surface area contributed by atoms with Crippen molar-refractivity contribution in [1.29, 1.82) is 5.41 Å². The molecule has 0 radical (unpaired) electrons. The molecule has 3 N–H and O–H groups in total. The molecule has 1 heterocycles. The Morgan fingerprint density at radius 2 is 2.33 bits per heavy atom. The zero-order chi connectivity index (χ0) is 6.69. The van der Waals surface area contributed by atoms with Crippen LogP contribution in [0.15, 0.2) is 24.2 Å². The van der Waals surface area contributed by atoms with Gasteiger partial charge in [0.1, 0.15) is 0 Å². The molecule has 0 aliphatic rings. The summed E-state index contributed by atoms with van der Waals surface area (Å²) >= 11 is 0. The second kappa shape index (κ2) is 2.44. The van der Waals surface area contributed by atoms with Gasteiger partial charge >= 0.3 is 53.5 Å². The zero-order valence-electron chi connectivity index (χ0n) is 4.96. The van der Waals surface area contributed by atoms with Gasteiger partial charge < -0.3 is 0 Å². The van der Waals surface area contributed by atoms with Crippen LogP contribution in [0.2, 0.25) is 0 Å². The topological polar surface area (TPSA) is 49.9 Å². The van der Waals surface area contributed by atoms with Gasteiger partial charge in [0, 0.05) is 0 Å². The fourth-order valence-electron chi connectivity index (χ4n) is 0.618. The third-order valence-electron chi connectivity index (χ3n) is 1.08. The molecule has 0 fully saturated rings. The van der Waals surface area contributed by atoms with Crippen molar-refractivity contribution in [3.8, 4) is 0 Å². The average Bonchev–Trinajstić information content (AvgIpc) is 1.90. The quantitative estimate of drug-likeness (QED) is 0.404. The first-order valence-corrected chi connectivity index (χ1v) is 2.70. The molecule has 9 heavy (non-hydrogen) atoms. The summed E-state index contributed by atoms with van der Waals surface area (Å²) in [5.74, 6) is 1.98. The fraction of sp³-hybridized carbons (Fsp3) is 0. The van der Waals surface area contributed by atoms with E-state index in [0.29, 0.717) is 0 Å². The monoisotopic (exact) mass is 118 g/mol. The van der Waals surface area contributed by atoms with Crippen LogP contribution in [0.3, 0.4) is 0 Å². The van der Waals surface area contributed by atoms with Gasteiger partial charge in [0.25, 0.3) is 0 Å². The average molecular weight is 118 g/mol. The SMILES string of the molecule is N=C(N)c1bcccc1. The van der Waals surface area contributed by atoms with E-state index in [9.17, 15) is 0 Å². The molecule has 0 saturated heterocycles. The number of nitrogens with two attached hydrogens (primary N) is 1.